The second kappa shape index (κ2) is 6.28. The number of carboxylic acids is 1. The molecule has 88 valence electrons. The number of hydrogen-bond acceptors (Lipinski definition) is 2. The molecular weight excluding hydrogens is 202 g/mol. The first-order valence-corrected chi connectivity index (χ1v) is 5.66. The van der Waals surface area contributed by atoms with Crippen molar-refractivity contribution in [3.63, 3.8) is 0 Å². The zero-order valence-corrected chi connectivity index (χ0v) is 9.81. The molecule has 0 aromatic heterocycles. The Bertz CT molecular complexity index is 324. The van der Waals surface area contributed by atoms with E-state index in [9.17, 15) is 4.79 Å². The first kappa shape index (κ1) is 12.7. The number of benzene rings is 1. The van der Waals surface area contributed by atoms with Gasteiger partial charge in [0.1, 0.15) is 6.04 Å². The summed E-state index contributed by atoms with van der Waals surface area (Å²) in [7, 11) is 0. The molecule has 3 heteroatoms. The molecule has 2 atom stereocenters. The predicted octanol–water partition coefficient (Wildman–Crippen LogP) is 2.45. The summed E-state index contributed by atoms with van der Waals surface area (Å²) in [6.45, 7) is 4.93. The standard InChI is InChI=1S/C13H19NO2/c1-3-10(2)9-14-12(13(15)16)11-7-5-4-6-8-11/h4-8,10,12,14H,3,9H2,1-2H3,(H,15,16)/t10?,12-/m1/s1. The van der Waals surface area contributed by atoms with E-state index in [2.05, 4.69) is 19.2 Å². The van der Waals surface area contributed by atoms with Gasteiger partial charge >= 0.3 is 5.97 Å². The van der Waals surface area contributed by atoms with Crippen LogP contribution in [0.5, 0.6) is 0 Å². The van der Waals surface area contributed by atoms with E-state index in [0.29, 0.717) is 5.92 Å². The molecule has 1 aromatic carbocycles. The van der Waals surface area contributed by atoms with E-state index < -0.39 is 12.0 Å². The van der Waals surface area contributed by atoms with Crippen molar-refractivity contribution < 1.29 is 9.90 Å². The highest BCUT2D eigenvalue weighted by Gasteiger charge is 2.18. The zero-order chi connectivity index (χ0) is 12.0. The van der Waals surface area contributed by atoms with Gasteiger partial charge in [-0.2, -0.15) is 0 Å². The molecule has 3 nitrogen and oxygen atoms in total. The second-order valence-corrected chi connectivity index (χ2v) is 4.10. The summed E-state index contributed by atoms with van der Waals surface area (Å²) < 4.78 is 0. The van der Waals surface area contributed by atoms with E-state index >= 15 is 0 Å². The minimum Gasteiger partial charge on any atom is -0.480 e. The third-order valence-corrected chi connectivity index (χ3v) is 2.75. The van der Waals surface area contributed by atoms with E-state index in [0.717, 1.165) is 18.5 Å². The Morgan fingerprint density at radius 2 is 2.00 bits per heavy atom. The van der Waals surface area contributed by atoms with Crippen molar-refractivity contribution in [2.45, 2.75) is 26.3 Å². The SMILES string of the molecule is CCC(C)CN[C@@H](C(=O)O)c1ccccc1. The molecule has 0 aliphatic carbocycles. The lowest BCUT2D eigenvalue weighted by molar-refractivity contribution is -0.139. The number of carbonyl (C=O) groups is 1. The number of carboxylic acid groups (broad SMARTS) is 1. The van der Waals surface area contributed by atoms with Crippen molar-refractivity contribution in [3.8, 4) is 0 Å². The Hall–Kier alpha value is -1.35. The molecule has 0 saturated heterocycles. The van der Waals surface area contributed by atoms with Gasteiger partial charge in [0.2, 0.25) is 0 Å². The average molecular weight is 221 g/mol. The van der Waals surface area contributed by atoms with Gasteiger partial charge in [-0.15, -0.1) is 0 Å². The minimum atomic E-state index is -0.825. The van der Waals surface area contributed by atoms with Crippen LogP contribution in [0.1, 0.15) is 31.9 Å². The lowest BCUT2D eigenvalue weighted by Gasteiger charge is -2.17. The van der Waals surface area contributed by atoms with E-state index in [-0.39, 0.29) is 0 Å². The molecule has 0 amide bonds. The number of rotatable bonds is 6. The van der Waals surface area contributed by atoms with Gasteiger partial charge in [-0.1, -0.05) is 50.6 Å². The van der Waals surface area contributed by atoms with E-state index in [1.165, 1.54) is 0 Å². The van der Waals surface area contributed by atoms with E-state index in [1.54, 1.807) is 0 Å². The van der Waals surface area contributed by atoms with Gasteiger partial charge in [-0.05, 0) is 18.0 Å². The van der Waals surface area contributed by atoms with Gasteiger partial charge in [0, 0.05) is 0 Å². The first-order chi connectivity index (χ1) is 7.65. The van der Waals surface area contributed by atoms with Crippen LogP contribution in [0.2, 0.25) is 0 Å². The third-order valence-electron chi connectivity index (χ3n) is 2.75. The van der Waals surface area contributed by atoms with Gasteiger partial charge in [-0.3, -0.25) is 4.79 Å². The summed E-state index contributed by atoms with van der Waals surface area (Å²) in [6.07, 6.45) is 1.05. The molecule has 1 aromatic rings. The maximum absolute atomic E-state index is 11.1. The molecule has 0 saturated carbocycles. The summed E-state index contributed by atoms with van der Waals surface area (Å²) in [5.41, 5.74) is 0.804. The van der Waals surface area contributed by atoms with Crippen LogP contribution in [0, 0.1) is 5.92 Å². The van der Waals surface area contributed by atoms with E-state index in [4.69, 9.17) is 5.11 Å². The van der Waals surface area contributed by atoms with Gasteiger partial charge < -0.3 is 10.4 Å². The monoisotopic (exact) mass is 221 g/mol. The summed E-state index contributed by atoms with van der Waals surface area (Å²) >= 11 is 0. The maximum atomic E-state index is 11.1. The Kier molecular flexibility index (Phi) is 4.99. The van der Waals surface area contributed by atoms with Crippen molar-refractivity contribution in [1.29, 1.82) is 0 Å². The Morgan fingerprint density at radius 1 is 1.38 bits per heavy atom. The van der Waals surface area contributed by atoms with E-state index in [1.807, 2.05) is 30.3 Å². The summed E-state index contributed by atoms with van der Waals surface area (Å²) in [5, 5.41) is 12.2. The Balaban J connectivity index is 2.66. The predicted molar refractivity (Wildman–Crippen MR) is 64.3 cm³/mol. The maximum Gasteiger partial charge on any atom is 0.325 e. The molecule has 0 bridgehead atoms. The fourth-order valence-corrected chi connectivity index (χ4v) is 1.46. The topological polar surface area (TPSA) is 49.3 Å². The lowest BCUT2D eigenvalue weighted by Crippen LogP contribution is -2.31. The Morgan fingerprint density at radius 3 is 2.50 bits per heavy atom. The third kappa shape index (κ3) is 3.66. The van der Waals surface area contributed by atoms with Crippen LogP contribution < -0.4 is 5.32 Å². The van der Waals surface area contributed by atoms with Crippen LogP contribution in [0.25, 0.3) is 0 Å². The zero-order valence-electron chi connectivity index (χ0n) is 9.81. The molecule has 0 spiro atoms. The van der Waals surface area contributed by atoms with Crippen LogP contribution in [-0.2, 0) is 4.79 Å². The van der Waals surface area contributed by atoms with Crippen LogP contribution in [0.3, 0.4) is 0 Å². The molecule has 0 radical (unpaired) electrons. The van der Waals surface area contributed by atoms with Crippen molar-refractivity contribution in [3.05, 3.63) is 35.9 Å². The smallest absolute Gasteiger partial charge is 0.325 e. The van der Waals surface area contributed by atoms with Crippen molar-refractivity contribution in [2.24, 2.45) is 5.92 Å². The summed E-state index contributed by atoms with van der Waals surface area (Å²) in [6, 6.07) is 8.67. The average Bonchev–Trinajstić information content (AvgIpc) is 2.30. The highest BCUT2D eigenvalue weighted by atomic mass is 16.4. The van der Waals surface area contributed by atoms with Crippen LogP contribution in [-0.4, -0.2) is 17.6 Å². The highest BCUT2D eigenvalue weighted by molar-refractivity contribution is 5.75. The second-order valence-electron chi connectivity index (χ2n) is 4.10. The molecule has 0 fully saturated rings. The normalized spacial score (nSPS) is 14.4. The lowest BCUT2D eigenvalue weighted by atomic mass is 10.1. The van der Waals surface area contributed by atoms with Gasteiger partial charge in [0.15, 0.2) is 0 Å². The Labute approximate surface area is 96.5 Å². The van der Waals surface area contributed by atoms with Crippen molar-refractivity contribution in [2.75, 3.05) is 6.54 Å². The first-order valence-electron chi connectivity index (χ1n) is 5.66. The van der Waals surface area contributed by atoms with Gasteiger partial charge in [-0.25, -0.2) is 0 Å². The fourth-order valence-electron chi connectivity index (χ4n) is 1.46. The van der Waals surface area contributed by atoms with Gasteiger partial charge in [0.05, 0.1) is 0 Å². The van der Waals surface area contributed by atoms with Crippen LogP contribution >= 0.6 is 0 Å². The van der Waals surface area contributed by atoms with Crippen molar-refractivity contribution >= 4 is 5.97 Å². The highest BCUT2D eigenvalue weighted by Crippen LogP contribution is 2.13. The molecule has 1 unspecified atom stereocenters. The molecule has 2 N–H and O–H groups in total. The molecule has 16 heavy (non-hydrogen) atoms. The number of nitrogens with one attached hydrogen (secondary N) is 1. The largest absolute Gasteiger partial charge is 0.480 e. The van der Waals surface area contributed by atoms with Gasteiger partial charge in [0.25, 0.3) is 0 Å². The minimum absolute atomic E-state index is 0.491. The quantitative estimate of drug-likeness (QED) is 0.775. The molecule has 1 rings (SSSR count). The van der Waals surface area contributed by atoms with Crippen molar-refractivity contribution in [1.82, 2.24) is 5.32 Å². The number of hydrogen-bond donors (Lipinski definition) is 2. The molecular formula is C13H19NO2. The molecule has 0 aliphatic heterocycles. The van der Waals surface area contributed by atoms with Crippen LogP contribution in [0.4, 0.5) is 0 Å². The molecule has 0 heterocycles. The summed E-state index contributed by atoms with van der Waals surface area (Å²) in [5.74, 6) is -0.333. The summed E-state index contributed by atoms with van der Waals surface area (Å²) in [4.78, 5) is 11.1. The number of aliphatic carboxylic acids is 1. The molecule has 0 aliphatic rings. The van der Waals surface area contributed by atoms with Crippen LogP contribution in [0.15, 0.2) is 30.3 Å². The fraction of sp³-hybridized carbons (Fsp3) is 0.462.